The molecule has 100 valence electrons. The van der Waals surface area contributed by atoms with Gasteiger partial charge in [0.15, 0.2) is 0 Å². The first kappa shape index (κ1) is 13.6. The van der Waals surface area contributed by atoms with E-state index in [1.54, 1.807) is 0 Å². The van der Waals surface area contributed by atoms with E-state index in [0.29, 0.717) is 11.8 Å². The molecule has 0 radical (unpaired) electrons. The molecule has 3 nitrogen and oxygen atoms in total. The van der Waals surface area contributed by atoms with E-state index in [2.05, 4.69) is 18.7 Å². The molecule has 0 spiro atoms. The highest BCUT2D eigenvalue weighted by atomic mass is 31.2. The summed E-state index contributed by atoms with van der Waals surface area (Å²) in [6, 6.07) is 0. The summed E-state index contributed by atoms with van der Waals surface area (Å²) in [7, 11) is -1.95. The van der Waals surface area contributed by atoms with Crippen molar-refractivity contribution in [1.29, 1.82) is 0 Å². The van der Waals surface area contributed by atoms with Crippen LogP contribution in [-0.4, -0.2) is 55.2 Å². The third-order valence-electron chi connectivity index (χ3n) is 4.35. The first-order valence-electron chi connectivity index (χ1n) is 6.75. The van der Waals surface area contributed by atoms with Crippen LogP contribution in [0.3, 0.4) is 0 Å². The lowest BCUT2D eigenvalue weighted by atomic mass is 9.95. The van der Waals surface area contributed by atoms with E-state index in [1.165, 1.54) is 12.8 Å². The van der Waals surface area contributed by atoms with Crippen molar-refractivity contribution in [1.82, 2.24) is 4.90 Å². The molecule has 2 fully saturated rings. The quantitative estimate of drug-likeness (QED) is 0.727. The largest absolute Gasteiger partial charge is 0.377 e. The van der Waals surface area contributed by atoms with Gasteiger partial charge in [0, 0.05) is 17.7 Å². The summed E-state index contributed by atoms with van der Waals surface area (Å²) in [6.45, 7) is 11.1. The molecular formula is C13H26NO2P. The molecule has 2 heterocycles. The predicted octanol–water partition coefficient (Wildman–Crippen LogP) is 2.64. The zero-order valence-electron chi connectivity index (χ0n) is 11.6. The van der Waals surface area contributed by atoms with Crippen molar-refractivity contribution in [3.05, 3.63) is 0 Å². The minimum Gasteiger partial charge on any atom is -0.377 e. The Morgan fingerprint density at radius 1 is 1.47 bits per heavy atom. The number of ether oxygens (including phenoxy) is 1. The molecule has 2 aliphatic heterocycles. The minimum absolute atomic E-state index is 0.205. The summed E-state index contributed by atoms with van der Waals surface area (Å²) < 4.78 is 18.1. The van der Waals surface area contributed by atoms with Crippen molar-refractivity contribution in [3.63, 3.8) is 0 Å². The molecule has 0 amide bonds. The molecule has 2 unspecified atom stereocenters. The van der Waals surface area contributed by atoms with Crippen LogP contribution >= 0.6 is 7.14 Å². The third-order valence-corrected chi connectivity index (χ3v) is 6.46. The molecule has 4 heteroatoms. The van der Waals surface area contributed by atoms with Gasteiger partial charge in [0.1, 0.15) is 0 Å². The molecule has 0 bridgehead atoms. The molecule has 0 aliphatic carbocycles. The van der Waals surface area contributed by atoms with Gasteiger partial charge in [-0.15, -0.1) is 0 Å². The van der Waals surface area contributed by atoms with E-state index in [1.807, 2.05) is 13.3 Å². The maximum atomic E-state index is 12.3. The first-order chi connectivity index (χ1) is 7.83. The average Bonchev–Trinajstić information content (AvgIpc) is 2.68. The Morgan fingerprint density at radius 3 is 2.76 bits per heavy atom. The summed E-state index contributed by atoms with van der Waals surface area (Å²) in [4.78, 5) is 2.54. The first-order valence-corrected chi connectivity index (χ1v) is 9.42. The van der Waals surface area contributed by atoms with E-state index in [0.717, 1.165) is 26.1 Å². The molecule has 2 rings (SSSR count). The fourth-order valence-corrected chi connectivity index (χ4v) is 4.60. The molecule has 0 aromatic rings. The molecule has 0 saturated carbocycles. The summed E-state index contributed by atoms with van der Waals surface area (Å²) in [5.41, 5.74) is 0.593. The number of rotatable bonds is 4. The monoisotopic (exact) mass is 259 g/mol. The van der Waals surface area contributed by atoms with Gasteiger partial charge in [-0.3, -0.25) is 4.90 Å². The number of nitrogens with zero attached hydrogens (tertiary/aromatic N) is 1. The smallest absolute Gasteiger partial charge is 0.0861 e. The second kappa shape index (κ2) is 4.68. The Kier molecular flexibility index (Phi) is 3.74. The Balaban J connectivity index is 2.07. The maximum absolute atomic E-state index is 12.3. The highest BCUT2D eigenvalue weighted by molar-refractivity contribution is 7.63. The normalized spacial score (nSPS) is 34.5. The van der Waals surface area contributed by atoms with Crippen molar-refractivity contribution >= 4 is 7.14 Å². The van der Waals surface area contributed by atoms with Crippen molar-refractivity contribution in [2.45, 2.75) is 50.4 Å². The van der Waals surface area contributed by atoms with Gasteiger partial charge in [-0.2, -0.15) is 0 Å². The van der Waals surface area contributed by atoms with Crippen LogP contribution in [0, 0.1) is 0 Å². The summed E-state index contributed by atoms with van der Waals surface area (Å²) >= 11 is 0. The van der Waals surface area contributed by atoms with E-state index in [4.69, 9.17) is 4.74 Å². The predicted molar refractivity (Wildman–Crippen MR) is 72.5 cm³/mol. The van der Waals surface area contributed by atoms with Crippen LogP contribution in [0.2, 0.25) is 0 Å². The van der Waals surface area contributed by atoms with Crippen molar-refractivity contribution in [2.75, 3.05) is 33.0 Å². The van der Waals surface area contributed by atoms with Gasteiger partial charge in [0.25, 0.3) is 0 Å². The van der Waals surface area contributed by atoms with Crippen LogP contribution in [0.25, 0.3) is 0 Å². The molecule has 0 aromatic heterocycles. The van der Waals surface area contributed by atoms with E-state index >= 15 is 0 Å². The minimum atomic E-state index is -1.95. The summed E-state index contributed by atoms with van der Waals surface area (Å²) in [5, 5.41) is 0. The van der Waals surface area contributed by atoms with Gasteiger partial charge in [-0.05, 0) is 53.0 Å². The lowest BCUT2D eigenvalue weighted by Crippen LogP contribution is -2.43. The molecule has 17 heavy (non-hydrogen) atoms. The molecule has 2 saturated heterocycles. The van der Waals surface area contributed by atoms with Gasteiger partial charge in [-0.1, -0.05) is 0 Å². The number of hydrogen-bond donors (Lipinski definition) is 0. The van der Waals surface area contributed by atoms with Crippen molar-refractivity contribution in [2.24, 2.45) is 0 Å². The van der Waals surface area contributed by atoms with E-state index in [-0.39, 0.29) is 5.54 Å². The molecular weight excluding hydrogens is 233 g/mol. The Morgan fingerprint density at radius 2 is 2.18 bits per heavy atom. The SMILES string of the molecule is CC(C)OCC12CCCN1CC(P(C)(C)=O)C2. The van der Waals surface area contributed by atoms with Crippen LogP contribution in [0.4, 0.5) is 0 Å². The zero-order chi connectivity index (χ0) is 12.7. The Hall–Kier alpha value is 0.150. The van der Waals surface area contributed by atoms with Crippen LogP contribution in [0.5, 0.6) is 0 Å². The van der Waals surface area contributed by atoms with Gasteiger partial charge >= 0.3 is 0 Å². The fraction of sp³-hybridized carbons (Fsp3) is 1.00. The van der Waals surface area contributed by atoms with Crippen LogP contribution in [-0.2, 0) is 9.30 Å². The van der Waals surface area contributed by atoms with Gasteiger partial charge in [0.05, 0.1) is 19.9 Å². The third kappa shape index (κ3) is 2.77. The maximum Gasteiger partial charge on any atom is 0.0861 e. The lowest BCUT2D eigenvalue weighted by Gasteiger charge is -2.32. The van der Waals surface area contributed by atoms with E-state index < -0.39 is 7.14 Å². The van der Waals surface area contributed by atoms with Crippen LogP contribution in [0.1, 0.15) is 33.1 Å². The fourth-order valence-electron chi connectivity index (χ4n) is 3.23. The summed E-state index contributed by atoms with van der Waals surface area (Å²) in [6.07, 6.45) is 3.85. The summed E-state index contributed by atoms with van der Waals surface area (Å²) in [5.74, 6) is 0. The standard InChI is InChI=1S/C13H26NO2P/c1-11(2)16-10-13-6-5-7-14(13)9-12(8-13)17(3,4)15/h11-12H,5-10H2,1-4H3. The molecule has 0 aromatic carbocycles. The highest BCUT2D eigenvalue weighted by Crippen LogP contribution is 2.53. The van der Waals surface area contributed by atoms with Gasteiger partial charge in [0.2, 0.25) is 0 Å². The average molecular weight is 259 g/mol. The lowest BCUT2D eigenvalue weighted by molar-refractivity contribution is 0.00314. The molecule has 0 N–H and O–H groups in total. The number of hydrogen-bond acceptors (Lipinski definition) is 3. The van der Waals surface area contributed by atoms with Crippen LogP contribution in [0.15, 0.2) is 0 Å². The second-order valence-electron chi connectivity index (χ2n) is 6.43. The topological polar surface area (TPSA) is 29.5 Å². The Bertz CT molecular complexity index is 325. The van der Waals surface area contributed by atoms with Crippen LogP contribution < -0.4 is 0 Å². The van der Waals surface area contributed by atoms with Gasteiger partial charge in [-0.25, -0.2) is 0 Å². The highest BCUT2D eigenvalue weighted by Gasteiger charge is 2.51. The van der Waals surface area contributed by atoms with Crippen molar-refractivity contribution < 1.29 is 9.30 Å². The second-order valence-corrected chi connectivity index (χ2v) is 10.0. The molecule has 2 atom stereocenters. The molecule has 2 aliphatic rings. The van der Waals surface area contributed by atoms with Gasteiger partial charge < -0.3 is 9.30 Å². The number of fused-ring (bicyclic) bond motifs is 1. The van der Waals surface area contributed by atoms with Crippen molar-refractivity contribution in [3.8, 4) is 0 Å². The Labute approximate surface area is 105 Å². The zero-order valence-corrected chi connectivity index (χ0v) is 12.5. The van der Waals surface area contributed by atoms with E-state index in [9.17, 15) is 4.57 Å².